The van der Waals surface area contributed by atoms with E-state index in [9.17, 15) is 0 Å². The van der Waals surface area contributed by atoms with Gasteiger partial charge in [0.25, 0.3) is 0 Å². The first kappa shape index (κ1) is 19.6. The molecule has 1 heterocycles. The van der Waals surface area contributed by atoms with E-state index in [4.69, 9.17) is 15.2 Å². The second kappa shape index (κ2) is 9.61. The molecule has 1 aromatic carbocycles. The number of halogens is 1. The molecule has 0 saturated heterocycles. The van der Waals surface area contributed by atoms with Crippen LogP contribution in [0.4, 0.5) is 5.69 Å². The molecule has 0 spiro atoms. The average molecular weight is 447 g/mol. The summed E-state index contributed by atoms with van der Waals surface area (Å²) in [7, 11) is 3.23. The van der Waals surface area contributed by atoms with Crippen LogP contribution in [0.1, 0.15) is 17.7 Å². The average Bonchev–Trinajstić information content (AvgIpc) is 3.07. The minimum Gasteiger partial charge on any atom is -0.497 e. The summed E-state index contributed by atoms with van der Waals surface area (Å²) in [6.07, 6.45) is 0. The van der Waals surface area contributed by atoms with Crippen LogP contribution in [0.15, 0.2) is 40.7 Å². The fraction of sp³-hybridized carbons (Fsp3) is 0.312. The van der Waals surface area contributed by atoms with Crippen molar-refractivity contribution in [3.8, 4) is 11.5 Å². The van der Waals surface area contributed by atoms with Gasteiger partial charge in [0.2, 0.25) is 0 Å². The number of nitrogens with two attached hydrogens (primary N) is 1. The predicted octanol–water partition coefficient (Wildman–Crippen LogP) is 3.91. The van der Waals surface area contributed by atoms with Crippen LogP contribution in [0, 0.1) is 0 Å². The third-order valence-corrected chi connectivity index (χ3v) is 4.34. The summed E-state index contributed by atoms with van der Waals surface area (Å²) in [4.78, 5) is 5.70. The Balaban J connectivity index is 0.00000264. The zero-order chi connectivity index (χ0) is 15.9. The Hall–Kier alpha value is -1.48. The van der Waals surface area contributed by atoms with Crippen LogP contribution >= 0.6 is 35.3 Å². The highest BCUT2D eigenvalue weighted by molar-refractivity contribution is 14.0. The number of nitrogens with zero attached hydrogens (tertiary/aromatic N) is 1. The van der Waals surface area contributed by atoms with Crippen LogP contribution in [0.25, 0.3) is 0 Å². The molecule has 1 aromatic heterocycles. The molecule has 0 saturated carbocycles. The SMILES string of the molecule is COc1ccc(OC)c(NC(N)=NCC(C)c2cccs2)c1.I. The Labute approximate surface area is 157 Å². The van der Waals surface area contributed by atoms with Gasteiger partial charge in [0.1, 0.15) is 11.5 Å². The maximum Gasteiger partial charge on any atom is 0.193 e. The molecule has 3 N–H and O–H groups in total. The van der Waals surface area contributed by atoms with Crippen molar-refractivity contribution in [2.24, 2.45) is 10.7 Å². The van der Waals surface area contributed by atoms with E-state index in [-0.39, 0.29) is 24.0 Å². The van der Waals surface area contributed by atoms with Crippen LogP contribution in [-0.2, 0) is 0 Å². The number of hydrogen-bond donors (Lipinski definition) is 2. The number of benzene rings is 1. The Morgan fingerprint density at radius 2 is 2.09 bits per heavy atom. The minimum absolute atomic E-state index is 0. The van der Waals surface area contributed by atoms with Crippen molar-refractivity contribution in [3.05, 3.63) is 40.6 Å². The molecule has 0 aliphatic carbocycles. The molecule has 2 rings (SSSR count). The van der Waals surface area contributed by atoms with Gasteiger partial charge >= 0.3 is 0 Å². The third-order valence-electron chi connectivity index (χ3n) is 3.23. The van der Waals surface area contributed by atoms with Crippen LogP contribution in [0.2, 0.25) is 0 Å². The van der Waals surface area contributed by atoms with Gasteiger partial charge in [0.05, 0.1) is 26.5 Å². The van der Waals surface area contributed by atoms with Crippen LogP contribution in [0.3, 0.4) is 0 Å². The number of nitrogens with one attached hydrogen (secondary N) is 1. The zero-order valence-electron chi connectivity index (χ0n) is 13.4. The number of methoxy groups -OCH3 is 2. The molecule has 0 aliphatic heterocycles. The fourth-order valence-corrected chi connectivity index (χ4v) is 2.76. The van der Waals surface area contributed by atoms with Crippen LogP contribution < -0.4 is 20.5 Å². The number of ether oxygens (including phenoxy) is 2. The monoisotopic (exact) mass is 447 g/mol. The fourth-order valence-electron chi connectivity index (χ4n) is 1.99. The van der Waals surface area contributed by atoms with Crippen molar-refractivity contribution in [2.45, 2.75) is 12.8 Å². The van der Waals surface area contributed by atoms with Gasteiger partial charge in [-0.25, -0.2) is 0 Å². The summed E-state index contributed by atoms with van der Waals surface area (Å²) in [5.41, 5.74) is 6.70. The molecule has 7 heteroatoms. The molecule has 0 fully saturated rings. The number of guanidine groups is 1. The van der Waals surface area contributed by atoms with E-state index in [2.05, 4.69) is 28.7 Å². The summed E-state index contributed by atoms with van der Waals surface area (Å²) >= 11 is 1.73. The molecule has 0 bridgehead atoms. The lowest BCUT2D eigenvalue weighted by molar-refractivity contribution is 0.405. The third kappa shape index (κ3) is 5.58. The molecule has 0 amide bonds. The molecule has 23 heavy (non-hydrogen) atoms. The summed E-state index contributed by atoms with van der Waals surface area (Å²) < 4.78 is 10.5. The Bertz CT molecular complexity index is 632. The van der Waals surface area contributed by atoms with Crippen molar-refractivity contribution in [1.29, 1.82) is 0 Å². The highest BCUT2D eigenvalue weighted by atomic mass is 127. The summed E-state index contributed by atoms with van der Waals surface area (Å²) in [5.74, 6) is 2.11. The van der Waals surface area contributed by atoms with Gasteiger partial charge in [-0.1, -0.05) is 13.0 Å². The number of thiophene rings is 1. The first-order valence-electron chi connectivity index (χ1n) is 6.96. The zero-order valence-corrected chi connectivity index (χ0v) is 16.6. The van der Waals surface area contributed by atoms with Gasteiger partial charge in [0, 0.05) is 16.9 Å². The second-order valence-electron chi connectivity index (χ2n) is 4.83. The van der Waals surface area contributed by atoms with Gasteiger partial charge in [0.15, 0.2) is 5.96 Å². The highest BCUT2D eigenvalue weighted by Gasteiger charge is 2.08. The number of aliphatic imine (C=N–C) groups is 1. The molecule has 1 unspecified atom stereocenters. The lowest BCUT2D eigenvalue weighted by Crippen LogP contribution is -2.23. The van der Waals surface area contributed by atoms with E-state index in [0.29, 0.717) is 24.2 Å². The minimum atomic E-state index is 0. The lowest BCUT2D eigenvalue weighted by Gasteiger charge is -2.13. The summed E-state index contributed by atoms with van der Waals surface area (Å²) in [6.45, 7) is 2.76. The van der Waals surface area contributed by atoms with E-state index in [1.165, 1.54) is 4.88 Å². The van der Waals surface area contributed by atoms with E-state index in [1.54, 1.807) is 25.6 Å². The van der Waals surface area contributed by atoms with Crippen molar-refractivity contribution in [2.75, 3.05) is 26.1 Å². The van der Waals surface area contributed by atoms with Crippen molar-refractivity contribution in [3.63, 3.8) is 0 Å². The first-order valence-corrected chi connectivity index (χ1v) is 7.84. The van der Waals surface area contributed by atoms with E-state index >= 15 is 0 Å². The van der Waals surface area contributed by atoms with Gasteiger partial charge in [-0.2, -0.15) is 0 Å². The molecule has 0 aliphatic rings. The maximum atomic E-state index is 5.97. The van der Waals surface area contributed by atoms with Crippen LogP contribution in [-0.4, -0.2) is 26.7 Å². The Morgan fingerprint density at radius 3 is 2.70 bits per heavy atom. The van der Waals surface area contributed by atoms with Gasteiger partial charge < -0.3 is 20.5 Å². The molecular formula is C16H22IN3O2S. The molecule has 126 valence electrons. The summed E-state index contributed by atoms with van der Waals surface area (Å²) in [5, 5.41) is 5.13. The van der Waals surface area contributed by atoms with E-state index in [0.717, 1.165) is 11.4 Å². The molecule has 5 nitrogen and oxygen atoms in total. The molecular weight excluding hydrogens is 425 g/mol. The van der Waals surface area contributed by atoms with Gasteiger partial charge in [-0.05, 0) is 23.6 Å². The standard InChI is InChI=1S/C16H21N3O2S.HI/c1-11(15-5-4-8-22-15)10-18-16(17)19-13-9-12(20-2)6-7-14(13)21-3;/h4-9,11H,10H2,1-3H3,(H3,17,18,19);1H. The Kier molecular flexibility index (Phi) is 8.18. The van der Waals surface area contributed by atoms with E-state index < -0.39 is 0 Å². The summed E-state index contributed by atoms with van der Waals surface area (Å²) in [6, 6.07) is 9.63. The highest BCUT2D eigenvalue weighted by Crippen LogP contribution is 2.28. The van der Waals surface area contributed by atoms with Crippen LogP contribution in [0.5, 0.6) is 11.5 Å². The quantitative estimate of drug-likeness (QED) is 0.400. The van der Waals surface area contributed by atoms with Crippen molar-refractivity contribution >= 4 is 47.0 Å². The number of anilines is 1. The molecule has 0 radical (unpaired) electrons. The second-order valence-corrected chi connectivity index (χ2v) is 5.81. The van der Waals surface area contributed by atoms with Crippen molar-refractivity contribution < 1.29 is 9.47 Å². The number of hydrogen-bond acceptors (Lipinski definition) is 4. The topological polar surface area (TPSA) is 68.9 Å². The smallest absolute Gasteiger partial charge is 0.193 e. The molecule has 1 atom stereocenters. The van der Waals surface area contributed by atoms with Gasteiger partial charge in [-0.3, -0.25) is 4.99 Å². The van der Waals surface area contributed by atoms with Gasteiger partial charge in [-0.15, -0.1) is 35.3 Å². The molecule has 2 aromatic rings. The van der Waals surface area contributed by atoms with Crippen molar-refractivity contribution in [1.82, 2.24) is 0 Å². The first-order chi connectivity index (χ1) is 10.6. The lowest BCUT2D eigenvalue weighted by atomic mass is 10.1. The normalized spacial score (nSPS) is 12.2. The maximum absolute atomic E-state index is 5.97. The predicted molar refractivity (Wildman–Crippen MR) is 108 cm³/mol. The Morgan fingerprint density at radius 1 is 1.30 bits per heavy atom. The van der Waals surface area contributed by atoms with E-state index in [1.807, 2.05) is 24.3 Å². The largest absolute Gasteiger partial charge is 0.497 e. The number of rotatable bonds is 6.